The van der Waals surface area contributed by atoms with Crippen molar-refractivity contribution in [2.45, 2.75) is 33.0 Å². The Morgan fingerprint density at radius 3 is 2.51 bits per heavy atom. The van der Waals surface area contributed by atoms with Gasteiger partial charge in [0, 0.05) is 32.8 Å². The molecule has 260 valence electrons. The number of alkyl halides is 5. The van der Waals surface area contributed by atoms with Gasteiger partial charge in [-0.2, -0.15) is 18.4 Å². The van der Waals surface area contributed by atoms with Crippen molar-refractivity contribution >= 4 is 50.0 Å². The first-order valence-electron chi connectivity index (χ1n) is 14.7. The van der Waals surface area contributed by atoms with E-state index >= 15 is 0 Å². The average Bonchev–Trinajstić information content (AvgIpc) is 3.49. The maximum atomic E-state index is 15.0. The van der Waals surface area contributed by atoms with Gasteiger partial charge in [0.2, 0.25) is 0 Å². The predicted molar refractivity (Wildman–Crippen MR) is 176 cm³/mol. The van der Waals surface area contributed by atoms with Crippen molar-refractivity contribution in [3.8, 4) is 34.2 Å². The second-order valence-electron chi connectivity index (χ2n) is 11.1. The summed E-state index contributed by atoms with van der Waals surface area (Å²) < 4.78 is 92.5. The van der Waals surface area contributed by atoms with Crippen LogP contribution in [0.15, 0.2) is 52.6 Å². The summed E-state index contributed by atoms with van der Waals surface area (Å²) in [6, 6.07) is 9.53. The van der Waals surface area contributed by atoms with Crippen LogP contribution in [0, 0.1) is 31.0 Å². The zero-order valence-electron chi connectivity index (χ0n) is 26.1. The van der Waals surface area contributed by atoms with Gasteiger partial charge in [0.15, 0.2) is 0 Å². The number of halogens is 7. The number of benzene rings is 2. The summed E-state index contributed by atoms with van der Waals surface area (Å²) in [4.78, 5) is 37.6. The zero-order chi connectivity index (χ0) is 36.9. The molecule has 0 bridgehead atoms. The second-order valence-corrected chi connectivity index (χ2v) is 12.4. The fourth-order valence-electron chi connectivity index (χ4n) is 5.66. The minimum absolute atomic E-state index is 0.0191. The molecular formula is C34H20ClF6N5O4S. The van der Waals surface area contributed by atoms with Crippen LogP contribution in [-0.4, -0.2) is 37.2 Å². The highest BCUT2D eigenvalue weighted by Crippen LogP contribution is 2.43. The van der Waals surface area contributed by atoms with Crippen LogP contribution in [0.3, 0.4) is 0 Å². The molecule has 4 aromatic heterocycles. The quantitative estimate of drug-likeness (QED) is 0.153. The van der Waals surface area contributed by atoms with Crippen molar-refractivity contribution < 1.29 is 41.0 Å². The first kappa shape index (κ1) is 35.3. The summed E-state index contributed by atoms with van der Waals surface area (Å²) in [5.74, 6) is -2.34. The molecule has 9 nitrogen and oxygen atoms in total. The zero-order valence-corrected chi connectivity index (χ0v) is 27.6. The summed E-state index contributed by atoms with van der Waals surface area (Å²) in [7, 11) is 0. The van der Waals surface area contributed by atoms with Crippen LogP contribution in [-0.2, 0) is 12.7 Å². The molecule has 6 rings (SSSR count). The number of nitrogens with zero attached hydrogens (tertiary/aromatic N) is 5. The number of hydrogen-bond acceptors (Lipinski definition) is 8. The highest BCUT2D eigenvalue weighted by Gasteiger charge is 2.38. The van der Waals surface area contributed by atoms with Gasteiger partial charge in [-0.3, -0.25) is 14.3 Å². The van der Waals surface area contributed by atoms with E-state index in [0.717, 1.165) is 15.9 Å². The Kier molecular flexibility index (Phi) is 9.21. The van der Waals surface area contributed by atoms with Gasteiger partial charge in [0.05, 0.1) is 44.4 Å². The molecule has 0 spiro atoms. The molecule has 0 amide bonds. The molecule has 51 heavy (non-hydrogen) atoms. The molecule has 0 saturated heterocycles. The summed E-state index contributed by atoms with van der Waals surface area (Å²) in [6.45, 7) is 2.58. The number of carboxylic acid groups (broad SMARTS) is 1. The molecule has 0 aliphatic rings. The first-order valence-corrected chi connectivity index (χ1v) is 15.9. The number of hydrogen-bond donors (Lipinski definition) is 1. The van der Waals surface area contributed by atoms with Crippen molar-refractivity contribution in [3.05, 3.63) is 103 Å². The second kappa shape index (κ2) is 13.3. The molecular weight excluding hydrogens is 724 g/mol. The molecule has 0 aliphatic carbocycles. The molecule has 6 aromatic rings. The number of carbonyl (C=O) groups is 1. The monoisotopic (exact) mass is 743 g/mol. The van der Waals surface area contributed by atoms with Gasteiger partial charge < -0.3 is 9.84 Å². The van der Waals surface area contributed by atoms with Gasteiger partial charge in [-0.1, -0.05) is 11.6 Å². The third kappa shape index (κ3) is 6.46. The van der Waals surface area contributed by atoms with Crippen LogP contribution in [0.1, 0.15) is 45.1 Å². The van der Waals surface area contributed by atoms with E-state index in [9.17, 15) is 46.3 Å². The molecule has 2 aromatic carbocycles. The number of fused-ring (bicyclic) bond motifs is 2. The number of rotatable bonds is 8. The third-order valence-corrected chi connectivity index (χ3v) is 9.11. The number of aryl methyl sites for hydroxylation is 2. The largest absolute Gasteiger partial charge is 0.491 e. The lowest BCUT2D eigenvalue weighted by Gasteiger charge is -2.19. The van der Waals surface area contributed by atoms with Crippen molar-refractivity contribution in [2.75, 3.05) is 6.61 Å². The van der Waals surface area contributed by atoms with Crippen LogP contribution < -0.4 is 10.3 Å². The Hall–Kier alpha value is -5.53. The Bertz CT molecular complexity index is 2510. The lowest BCUT2D eigenvalue weighted by molar-refractivity contribution is -0.137. The molecule has 0 atom stereocenters. The summed E-state index contributed by atoms with van der Waals surface area (Å²) in [6.07, 6.45) is -8.50. The van der Waals surface area contributed by atoms with Gasteiger partial charge >= 0.3 is 12.1 Å². The van der Waals surface area contributed by atoms with Crippen molar-refractivity contribution in [3.63, 3.8) is 0 Å². The van der Waals surface area contributed by atoms with Gasteiger partial charge in [0.25, 0.3) is 12.0 Å². The van der Waals surface area contributed by atoms with E-state index in [4.69, 9.17) is 16.3 Å². The molecule has 1 N–H and O–H groups in total. The number of carboxylic acids is 1. The number of thiophene rings is 1. The van der Waals surface area contributed by atoms with Crippen molar-refractivity contribution in [2.24, 2.45) is 0 Å². The van der Waals surface area contributed by atoms with Crippen molar-refractivity contribution in [1.29, 1.82) is 5.26 Å². The van der Waals surface area contributed by atoms with E-state index < -0.39 is 68.9 Å². The van der Waals surface area contributed by atoms with E-state index in [1.54, 1.807) is 31.2 Å². The van der Waals surface area contributed by atoms with Gasteiger partial charge in [-0.15, -0.1) is 11.3 Å². The van der Waals surface area contributed by atoms with Crippen LogP contribution in [0.2, 0.25) is 5.02 Å². The normalized spacial score (nSPS) is 11.8. The number of ether oxygens (including phenoxy) is 1. The Labute approximate surface area is 292 Å². The smallest absolute Gasteiger partial charge is 0.417 e. The van der Waals surface area contributed by atoms with Crippen molar-refractivity contribution in [1.82, 2.24) is 19.5 Å². The molecule has 4 heterocycles. The predicted octanol–water partition coefficient (Wildman–Crippen LogP) is 8.75. The van der Waals surface area contributed by atoms with Gasteiger partial charge in [-0.25, -0.2) is 27.9 Å². The minimum atomic E-state index is -5.23. The van der Waals surface area contributed by atoms with Gasteiger partial charge in [-0.05, 0) is 56.3 Å². The third-order valence-electron chi connectivity index (χ3n) is 7.87. The summed E-state index contributed by atoms with van der Waals surface area (Å²) >= 11 is 7.49. The van der Waals surface area contributed by atoms with Crippen LogP contribution in [0.4, 0.5) is 26.3 Å². The molecule has 0 radical (unpaired) electrons. The first-order chi connectivity index (χ1) is 24.1. The van der Waals surface area contributed by atoms with Crippen LogP contribution in [0.5, 0.6) is 5.75 Å². The summed E-state index contributed by atoms with van der Waals surface area (Å²) in [5.41, 5.74) is -5.55. The fraction of sp³-hybridized carbons (Fsp3) is 0.176. The highest BCUT2D eigenvalue weighted by molar-refractivity contribution is 7.18. The Balaban J connectivity index is 1.44. The van der Waals surface area contributed by atoms with E-state index in [1.165, 1.54) is 18.4 Å². The Morgan fingerprint density at radius 2 is 1.84 bits per heavy atom. The maximum absolute atomic E-state index is 15.0. The topological polar surface area (TPSA) is 131 Å². The Morgan fingerprint density at radius 1 is 1.10 bits per heavy atom. The number of aromatic nitrogens is 4. The average molecular weight is 744 g/mol. The molecule has 0 aliphatic heterocycles. The molecule has 0 fully saturated rings. The lowest BCUT2D eigenvalue weighted by atomic mass is 9.93. The van der Waals surface area contributed by atoms with E-state index in [2.05, 4.69) is 15.0 Å². The van der Waals surface area contributed by atoms with E-state index in [-0.39, 0.29) is 35.8 Å². The van der Waals surface area contributed by atoms with Gasteiger partial charge in [0.1, 0.15) is 41.5 Å². The van der Waals surface area contributed by atoms with Crippen LogP contribution >= 0.6 is 22.9 Å². The molecule has 0 saturated carbocycles. The van der Waals surface area contributed by atoms with E-state index in [1.807, 2.05) is 0 Å². The summed E-state index contributed by atoms with van der Waals surface area (Å²) in [5, 5.41) is 20.9. The standard InChI is InChI=1S/C34H20ClF6N5O4S/c1-14-9-18(30-28(43-14)20(13-51-30)33(48)49)17-10-16(35)3-6-25(17)50-8-7-46-15(2)44-24-11-21(34(39,40)41)26(19(12-42)27(24)32(46)47)29-22(36)4-5-23(45-29)31(37)38/h3-6,9-11,13,31H,7-8H2,1-2H3,(H,48,49). The maximum Gasteiger partial charge on any atom is 0.417 e. The highest BCUT2D eigenvalue weighted by atomic mass is 35.5. The SMILES string of the molecule is Cc1cc(-c2cc(Cl)ccc2OCCn2c(C)nc3cc(C(F)(F)F)c(-c4nc(C(F)F)ccc4F)c(C#N)c3c2=O)c2scc(C(=O)O)c2n1. The van der Waals surface area contributed by atoms with E-state index in [0.29, 0.717) is 44.7 Å². The molecule has 17 heteroatoms. The minimum Gasteiger partial charge on any atom is -0.491 e. The molecule has 0 unspecified atom stereocenters. The number of nitriles is 1. The fourth-order valence-corrected chi connectivity index (χ4v) is 6.85. The number of aromatic carboxylic acids is 1. The van der Waals surface area contributed by atoms with Crippen LogP contribution in [0.25, 0.3) is 43.5 Å². The lowest BCUT2D eigenvalue weighted by Crippen LogP contribution is -2.28. The number of pyridine rings is 2.